The molecule has 0 radical (unpaired) electrons. The molecule has 3 aromatic carbocycles. The summed E-state index contributed by atoms with van der Waals surface area (Å²) in [5, 5.41) is 12.2. The zero-order valence-electron chi connectivity index (χ0n) is 19.2. The number of aromatic hydroxyl groups is 1. The lowest BCUT2D eigenvalue weighted by atomic mass is 10.0. The van der Waals surface area contributed by atoms with Gasteiger partial charge in [0, 0.05) is 6.42 Å². The summed E-state index contributed by atoms with van der Waals surface area (Å²) in [6, 6.07) is 21.2. The summed E-state index contributed by atoms with van der Waals surface area (Å²) in [6.45, 7) is 0.397. The SMILES string of the molecule is COC(=O)C(CCc1ccccc1)NC(=O)Cc1ccc(N)c(OCCc2ccc(O)cc2)c1. The smallest absolute Gasteiger partial charge is 0.328 e. The van der Waals surface area contributed by atoms with Crippen molar-refractivity contribution in [2.75, 3.05) is 19.5 Å². The summed E-state index contributed by atoms with van der Waals surface area (Å²) >= 11 is 0. The van der Waals surface area contributed by atoms with Crippen molar-refractivity contribution in [2.24, 2.45) is 0 Å². The maximum absolute atomic E-state index is 12.7. The van der Waals surface area contributed by atoms with Crippen molar-refractivity contribution in [3.05, 3.63) is 89.5 Å². The Morgan fingerprint density at radius 1 is 0.941 bits per heavy atom. The van der Waals surface area contributed by atoms with Gasteiger partial charge in [-0.1, -0.05) is 48.5 Å². The number of phenols is 1. The second-order valence-electron chi connectivity index (χ2n) is 7.98. The van der Waals surface area contributed by atoms with Crippen LogP contribution in [0, 0.1) is 0 Å². The number of nitrogen functional groups attached to an aromatic ring is 1. The molecular weight excluding hydrogens is 432 g/mol. The number of aryl methyl sites for hydroxylation is 1. The van der Waals surface area contributed by atoms with Gasteiger partial charge in [0.25, 0.3) is 0 Å². The summed E-state index contributed by atoms with van der Waals surface area (Å²) in [7, 11) is 1.31. The number of phenolic OH excluding ortho intramolecular Hbond substituents is 1. The van der Waals surface area contributed by atoms with E-state index in [4.69, 9.17) is 15.2 Å². The minimum absolute atomic E-state index is 0.0768. The van der Waals surface area contributed by atoms with E-state index < -0.39 is 12.0 Å². The highest BCUT2D eigenvalue weighted by Crippen LogP contribution is 2.23. The van der Waals surface area contributed by atoms with E-state index in [9.17, 15) is 14.7 Å². The van der Waals surface area contributed by atoms with E-state index in [0.29, 0.717) is 37.3 Å². The first-order valence-corrected chi connectivity index (χ1v) is 11.1. The molecule has 1 amide bonds. The van der Waals surface area contributed by atoms with Crippen LogP contribution < -0.4 is 15.8 Å². The number of rotatable bonds is 11. The molecule has 4 N–H and O–H groups in total. The number of carbonyl (C=O) groups is 2. The maximum atomic E-state index is 12.7. The lowest BCUT2D eigenvalue weighted by molar-refractivity contribution is -0.145. The molecule has 1 unspecified atom stereocenters. The summed E-state index contributed by atoms with van der Waals surface area (Å²) in [5.41, 5.74) is 9.34. The predicted molar refractivity (Wildman–Crippen MR) is 131 cm³/mol. The third-order valence-corrected chi connectivity index (χ3v) is 5.41. The number of amides is 1. The molecule has 0 spiro atoms. The van der Waals surface area contributed by atoms with E-state index in [1.807, 2.05) is 42.5 Å². The third-order valence-electron chi connectivity index (χ3n) is 5.41. The van der Waals surface area contributed by atoms with Crippen LogP contribution >= 0.6 is 0 Å². The fourth-order valence-electron chi connectivity index (χ4n) is 3.53. The van der Waals surface area contributed by atoms with Gasteiger partial charge in [-0.05, 0) is 53.8 Å². The molecule has 0 saturated carbocycles. The quantitative estimate of drug-likeness (QED) is 0.297. The molecule has 0 aliphatic heterocycles. The van der Waals surface area contributed by atoms with Crippen LogP contribution in [-0.2, 0) is 33.6 Å². The largest absolute Gasteiger partial charge is 0.508 e. The Bertz CT molecular complexity index is 1080. The highest BCUT2D eigenvalue weighted by Gasteiger charge is 2.21. The Labute approximate surface area is 199 Å². The molecule has 0 heterocycles. The molecule has 0 aliphatic rings. The van der Waals surface area contributed by atoms with E-state index in [-0.39, 0.29) is 18.1 Å². The Morgan fingerprint density at radius 2 is 1.62 bits per heavy atom. The second kappa shape index (κ2) is 12.3. The average Bonchev–Trinajstić information content (AvgIpc) is 2.85. The molecule has 1 atom stereocenters. The number of nitrogens with one attached hydrogen (secondary N) is 1. The first kappa shape index (κ1) is 24.6. The Hall–Kier alpha value is -4.00. The number of anilines is 1. The van der Waals surface area contributed by atoms with Crippen molar-refractivity contribution in [1.82, 2.24) is 5.32 Å². The lowest BCUT2D eigenvalue weighted by Gasteiger charge is -2.17. The topological polar surface area (TPSA) is 111 Å². The van der Waals surface area contributed by atoms with Crippen LogP contribution in [-0.4, -0.2) is 36.7 Å². The fraction of sp³-hybridized carbons (Fsp3) is 0.259. The summed E-state index contributed by atoms with van der Waals surface area (Å²) < 4.78 is 10.7. The van der Waals surface area contributed by atoms with Crippen LogP contribution in [0.2, 0.25) is 0 Å². The standard InChI is InChI=1S/C27H30N2O5/c1-33-27(32)24(14-10-19-5-3-2-4-6-19)29-26(31)18-21-9-13-23(28)25(17-21)34-16-15-20-7-11-22(30)12-8-20/h2-9,11-13,17,24,30H,10,14-16,18,28H2,1H3,(H,29,31). The van der Waals surface area contributed by atoms with E-state index >= 15 is 0 Å². The molecule has 0 bridgehead atoms. The number of benzene rings is 3. The number of carbonyl (C=O) groups excluding carboxylic acids is 2. The van der Waals surface area contributed by atoms with Gasteiger partial charge < -0.3 is 25.6 Å². The number of nitrogens with two attached hydrogens (primary N) is 1. The molecule has 34 heavy (non-hydrogen) atoms. The molecule has 3 rings (SSSR count). The third kappa shape index (κ3) is 7.55. The lowest BCUT2D eigenvalue weighted by Crippen LogP contribution is -2.42. The fourth-order valence-corrected chi connectivity index (χ4v) is 3.53. The van der Waals surface area contributed by atoms with Gasteiger partial charge in [-0.15, -0.1) is 0 Å². The monoisotopic (exact) mass is 462 g/mol. The summed E-state index contributed by atoms with van der Waals surface area (Å²) in [5.74, 6) is -0.0461. The van der Waals surface area contributed by atoms with Crippen LogP contribution in [0.1, 0.15) is 23.1 Å². The van der Waals surface area contributed by atoms with E-state index in [2.05, 4.69) is 5.32 Å². The zero-order valence-corrected chi connectivity index (χ0v) is 19.2. The van der Waals surface area contributed by atoms with Crippen molar-refractivity contribution in [1.29, 1.82) is 0 Å². The van der Waals surface area contributed by atoms with Gasteiger partial charge >= 0.3 is 5.97 Å². The summed E-state index contributed by atoms with van der Waals surface area (Å²) in [4.78, 5) is 24.9. The average molecular weight is 463 g/mol. The van der Waals surface area contributed by atoms with Crippen LogP contribution in [0.3, 0.4) is 0 Å². The molecule has 0 aliphatic carbocycles. The van der Waals surface area contributed by atoms with Crippen molar-refractivity contribution in [3.63, 3.8) is 0 Å². The maximum Gasteiger partial charge on any atom is 0.328 e. The first-order valence-electron chi connectivity index (χ1n) is 11.1. The number of ether oxygens (including phenoxy) is 2. The second-order valence-corrected chi connectivity index (χ2v) is 7.98. The van der Waals surface area contributed by atoms with Gasteiger partial charge in [0.2, 0.25) is 5.91 Å². The van der Waals surface area contributed by atoms with Crippen LogP contribution in [0.25, 0.3) is 0 Å². The molecule has 7 heteroatoms. The van der Waals surface area contributed by atoms with E-state index in [0.717, 1.165) is 16.7 Å². The molecule has 3 aromatic rings. The summed E-state index contributed by atoms with van der Waals surface area (Å²) in [6.07, 6.45) is 1.80. The van der Waals surface area contributed by atoms with Crippen LogP contribution in [0.4, 0.5) is 5.69 Å². The van der Waals surface area contributed by atoms with E-state index in [1.165, 1.54) is 7.11 Å². The predicted octanol–water partition coefficient (Wildman–Crippen LogP) is 3.43. The first-order chi connectivity index (χ1) is 16.4. The van der Waals surface area contributed by atoms with Gasteiger partial charge in [-0.2, -0.15) is 0 Å². The van der Waals surface area contributed by atoms with Gasteiger partial charge in [0.05, 0.1) is 25.8 Å². The number of esters is 1. The van der Waals surface area contributed by atoms with Crippen molar-refractivity contribution < 1.29 is 24.2 Å². The minimum Gasteiger partial charge on any atom is -0.508 e. The number of hydrogen-bond acceptors (Lipinski definition) is 6. The molecule has 0 fully saturated rings. The Morgan fingerprint density at radius 3 is 2.32 bits per heavy atom. The highest BCUT2D eigenvalue weighted by molar-refractivity contribution is 5.85. The van der Waals surface area contributed by atoms with Gasteiger partial charge in [-0.3, -0.25) is 4.79 Å². The highest BCUT2D eigenvalue weighted by atomic mass is 16.5. The normalized spacial score (nSPS) is 11.4. The minimum atomic E-state index is -0.729. The zero-order chi connectivity index (χ0) is 24.3. The molecule has 0 saturated heterocycles. The number of hydrogen-bond donors (Lipinski definition) is 3. The van der Waals surface area contributed by atoms with Crippen molar-refractivity contribution in [2.45, 2.75) is 31.7 Å². The molecule has 178 valence electrons. The molecular formula is C27H30N2O5. The van der Waals surface area contributed by atoms with Gasteiger partial charge in [-0.25, -0.2) is 4.79 Å². The van der Waals surface area contributed by atoms with Crippen molar-refractivity contribution in [3.8, 4) is 11.5 Å². The van der Waals surface area contributed by atoms with Gasteiger partial charge in [0.1, 0.15) is 17.5 Å². The molecule has 0 aromatic heterocycles. The number of methoxy groups -OCH3 is 1. The Kier molecular flexibility index (Phi) is 8.91. The van der Waals surface area contributed by atoms with Crippen LogP contribution in [0.5, 0.6) is 11.5 Å². The van der Waals surface area contributed by atoms with Crippen LogP contribution in [0.15, 0.2) is 72.8 Å². The van der Waals surface area contributed by atoms with Gasteiger partial charge in [0.15, 0.2) is 0 Å². The molecule has 7 nitrogen and oxygen atoms in total. The Balaban J connectivity index is 1.55. The van der Waals surface area contributed by atoms with Crippen molar-refractivity contribution >= 4 is 17.6 Å². The van der Waals surface area contributed by atoms with E-state index in [1.54, 1.807) is 30.3 Å².